The topological polar surface area (TPSA) is 40.6 Å². The Labute approximate surface area is 106 Å². The molecule has 0 bridgehead atoms. The highest BCUT2D eigenvalue weighted by Gasteiger charge is 2.34. The third kappa shape index (κ3) is 2.78. The zero-order valence-corrected chi connectivity index (χ0v) is 11.8. The Kier molecular flexibility index (Phi) is 4.26. The molecule has 0 aliphatic carbocycles. The third-order valence-electron chi connectivity index (χ3n) is 3.31. The van der Waals surface area contributed by atoms with Gasteiger partial charge in [-0.15, -0.1) is 0 Å². The summed E-state index contributed by atoms with van der Waals surface area (Å²) < 4.78 is 27.9. The molecule has 16 heavy (non-hydrogen) atoms. The number of rotatable bonds is 2. The molecule has 0 spiro atoms. The summed E-state index contributed by atoms with van der Waals surface area (Å²) in [6.45, 7) is 2.69. The van der Waals surface area contributed by atoms with Gasteiger partial charge in [-0.2, -0.15) is 17.0 Å². The molecule has 0 amide bonds. The van der Waals surface area contributed by atoms with Crippen LogP contribution in [0.3, 0.4) is 0 Å². The van der Waals surface area contributed by atoms with Gasteiger partial charge in [-0.1, -0.05) is 28.8 Å². The Morgan fingerprint density at radius 3 is 2.06 bits per heavy atom. The molecule has 2 saturated heterocycles. The van der Waals surface area contributed by atoms with Gasteiger partial charge in [0.15, 0.2) is 0 Å². The van der Waals surface area contributed by atoms with Gasteiger partial charge in [-0.3, -0.25) is 0 Å². The second-order valence-corrected chi connectivity index (χ2v) is 7.79. The van der Waals surface area contributed by atoms with Gasteiger partial charge in [0.05, 0.1) is 0 Å². The lowest BCUT2D eigenvalue weighted by molar-refractivity contribution is 0.367. The van der Waals surface area contributed by atoms with E-state index in [1.54, 1.807) is 8.61 Å². The summed E-state index contributed by atoms with van der Waals surface area (Å²) >= 11 is 3.49. The first kappa shape index (κ1) is 12.8. The van der Waals surface area contributed by atoms with Crippen LogP contribution in [0.2, 0.25) is 0 Å². The fraction of sp³-hybridized carbons (Fsp3) is 1.00. The molecule has 0 aromatic carbocycles. The van der Waals surface area contributed by atoms with Crippen LogP contribution in [0, 0.1) is 0 Å². The molecule has 2 fully saturated rings. The van der Waals surface area contributed by atoms with Gasteiger partial charge in [0.25, 0.3) is 10.2 Å². The molecule has 1 unspecified atom stereocenters. The van der Waals surface area contributed by atoms with Gasteiger partial charge >= 0.3 is 0 Å². The normalized spacial score (nSPS) is 30.4. The lowest BCUT2D eigenvalue weighted by Crippen LogP contribution is -2.43. The predicted octanol–water partition coefficient (Wildman–Crippen LogP) is 1.58. The lowest BCUT2D eigenvalue weighted by atomic mass is 10.2. The molecular weight excluding hydrogens is 292 g/mol. The van der Waals surface area contributed by atoms with Gasteiger partial charge < -0.3 is 0 Å². The van der Waals surface area contributed by atoms with Crippen molar-refractivity contribution in [2.24, 2.45) is 0 Å². The maximum absolute atomic E-state index is 12.3. The van der Waals surface area contributed by atoms with Crippen LogP contribution in [0.1, 0.15) is 32.1 Å². The summed E-state index contributed by atoms with van der Waals surface area (Å²) in [5, 5.41) is 0. The minimum atomic E-state index is -3.18. The molecule has 2 aliphatic rings. The standard InChI is InChI=1S/C10H19BrN2O2S/c11-10-5-8-13(9-10)16(14,15)12-6-3-1-2-4-7-12/h10H,1-9H2. The van der Waals surface area contributed by atoms with Crippen LogP contribution >= 0.6 is 15.9 Å². The maximum atomic E-state index is 12.3. The zero-order chi connectivity index (χ0) is 11.6. The molecule has 0 aromatic rings. The van der Waals surface area contributed by atoms with E-state index in [0.717, 1.165) is 32.1 Å². The number of hydrogen-bond donors (Lipinski definition) is 0. The van der Waals surface area contributed by atoms with Gasteiger partial charge in [0, 0.05) is 31.0 Å². The predicted molar refractivity (Wildman–Crippen MR) is 67.9 cm³/mol. The van der Waals surface area contributed by atoms with Crippen LogP contribution < -0.4 is 0 Å². The maximum Gasteiger partial charge on any atom is 0.282 e. The molecule has 4 nitrogen and oxygen atoms in total. The number of alkyl halides is 1. The van der Waals surface area contributed by atoms with Crippen LogP contribution in [0.5, 0.6) is 0 Å². The van der Waals surface area contributed by atoms with Crippen molar-refractivity contribution in [1.82, 2.24) is 8.61 Å². The van der Waals surface area contributed by atoms with E-state index in [2.05, 4.69) is 15.9 Å². The molecule has 0 N–H and O–H groups in total. The van der Waals surface area contributed by atoms with E-state index >= 15 is 0 Å². The van der Waals surface area contributed by atoms with Gasteiger partial charge in [0.2, 0.25) is 0 Å². The Bertz CT molecular complexity index is 326. The fourth-order valence-corrected chi connectivity index (χ4v) is 4.83. The summed E-state index contributed by atoms with van der Waals surface area (Å²) in [6, 6.07) is 0. The van der Waals surface area contributed by atoms with Gasteiger partial charge in [0.1, 0.15) is 0 Å². The molecule has 0 aromatic heterocycles. The summed E-state index contributed by atoms with van der Waals surface area (Å²) in [5.41, 5.74) is 0. The smallest absolute Gasteiger partial charge is 0.195 e. The monoisotopic (exact) mass is 310 g/mol. The summed E-state index contributed by atoms with van der Waals surface area (Å²) in [4.78, 5) is 0.328. The Balaban J connectivity index is 2.05. The van der Waals surface area contributed by atoms with Crippen molar-refractivity contribution in [2.45, 2.75) is 36.9 Å². The van der Waals surface area contributed by atoms with E-state index in [0.29, 0.717) is 31.0 Å². The molecule has 2 aliphatic heterocycles. The van der Waals surface area contributed by atoms with Gasteiger partial charge in [-0.05, 0) is 19.3 Å². The van der Waals surface area contributed by atoms with E-state index in [9.17, 15) is 8.42 Å². The molecule has 0 radical (unpaired) electrons. The molecule has 6 heteroatoms. The lowest BCUT2D eigenvalue weighted by Gasteiger charge is -2.25. The summed E-state index contributed by atoms with van der Waals surface area (Å²) in [5.74, 6) is 0. The van der Waals surface area contributed by atoms with E-state index < -0.39 is 10.2 Å². The van der Waals surface area contributed by atoms with E-state index in [4.69, 9.17) is 0 Å². The SMILES string of the molecule is O=S(=O)(N1CCCCCC1)N1CCC(Br)C1. The molecule has 2 rings (SSSR count). The van der Waals surface area contributed by atoms with Crippen LogP contribution in [-0.4, -0.2) is 48.0 Å². The highest BCUT2D eigenvalue weighted by molar-refractivity contribution is 9.09. The first-order valence-corrected chi connectivity index (χ1v) is 8.31. The second kappa shape index (κ2) is 5.33. The largest absolute Gasteiger partial charge is 0.282 e. The first-order valence-electron chi connectivity index (χ1n) is 6.00. The molecular formula is C10H19BrN2O2S. The molecule has 94 valence electrons. The van der Waals surface area contributed by atoms with E-state index in [-0.39, 0.29) is 0 Å². The van der Waals surface area contributed by atoms with Crippen LogP contribution in [-0.2, 0) is 10.2 Å². The molecule has 1 atom stereocenters. The Hall–Kier alpha value is 0.350. The van der Waals surface area contributed by atoms with E-state index in [1.807, 2.05) is 0 Å². The Morgan fingerprint density at radius 1 is 0.938 bits per heavy atom. The van der Waals surface area contributed by atoms with Crippen molar-refractivity contribution in [3.05, 3.63) is 0 Å². The second-order valence-electron chi connectivity index (χ2n) is 4.57. The average molecular weight is 311 g/mol. The summed E-state index contributed by atoms with van der Waals surface area (Å²) in [7, 11) is -3.18. The highest BCUT2D eigenvalue weighted by atomic mass is 79.9. The van der Waals surface area contributed by atoms with Crippen molar-refractivity contribution in [2.75, 3.05) is 26.2 Å². The number of halogens is 1. The van der Waals surface area contributed by atoms with Crippen molar-refractivity contribution in [3.63, 3.8) is 0 Å². The fourth-order valence-electron chi connectivity index (χ4n) is 2.33. The van der Waals surface area contributed by atoms with Crippen molar-refractivity contribution < 1.29 is 8.42 Å². The molecule has 2 heterocycles. The van der Waals surface area contributed by atoms with Crippen molar-refractivity contribution in [3.8, 4) is 0 Å². The van der Waals surface area contributed by atoms with Gasteiger partial charge in [-0.25, -0.2) is 0 Å². The average Bonchev–Trinajstić information content (AvgIpc) is 2.54. The summed E-state index contributed by atoms with van der Waals surface area (Å²) in [6.07, 6.45) is 5.25. The Morgan fingerprint density at radius 2 is 1.56 bits per heavy atom. The minimum absolute atomic E-state index is 0.328. The van der Waals surface area contributed by atoms with Crippen molar-refractivity contribution >= 4 is 26.1 Å². The van der Waals surface area contributed by atoms with Crippen LogP contribution in [0.15, 0.2) is 0 Å². The van der Waals surface area contributed by atoms with Crippen LogP contribution in [0.25, 0.3) is 0 Å². The first-order chi connectivity index (χ1) is 7.60. The van der Waals surface area contributed by atoms with E-state index in [1.165, 1.54) is 0 Å². The highest BCUT2D eigenvalue weighted by Crippen LogP contribution is 2.23. The third-order valence-corrected chi connectivity index (χ3v) is 6.06. The minimum Gasteiger partial charge on any atom is -0.195 e. The zero-order valence-electron chi connectivity index (χ0n) is 9.44. The number of hydrogen-bond acceptors (Lipinski definition) is 2. The quantitative estimate of drug-likeness (QED) is 0.727. The molecule has 0 saturated carbocycles. The number of nitrogens with zero attached hydrogens (tertiary/aromatic N) is 2. The van der Waals surface area contributed by atoms with Crippen molar-refractivity contribution in [1.29, 1.82) is 0 Å². The van der Waals surface area contributed by atoms with Crippen LogP contribution in [0.4, 0.5) is 0 Å².